The molecule has 2 aromatic rings. The van der Waals surface area contributed by atoms with E-state index in [1.165, 1.54) is 0 Å². The Labute approximate surface area is 141 Å². The summed E-state index contributed by atoms with van der Waals surface area (Å²) in [6.45, 7) is 5.60. The number of likely N-dealkylation sites (tertiary alicyclic amines) is 1. The first-order valence-electron chi connectivity index (χ1n) is 8.17. The zero-order valence-corrected chi connectivity index (χ0v) is 14.1. The van der Waals surface area contributed by atoms with Crippen molar-refractivity contribution in [2.75, 3.05) is 19.7 Å². The van der Waals surface area contributed by atoms with Crippen molar-refractivity contribution in [2.24, 2.45) is 0 Å². The first-order valence-corrected chi connectivity index (χ1v) is 8.55. The summed E-state index contributed by atoms with van der Waals surface area (Å²) in [4.78, 5) is 6.80. The Morgan fingerprint density at radius 1 is 1.43 bits per heavy atom. The van der Waals surface area contributed by atoms with Crippen molar-refractivity contribution in [3.8, 4) is 11.4 Å². The minimum atomic E-state index is 0.319. The molecular weight excluding hydrogens is 314 g/mol. The highest BCUT2D eigenvalue weighted by Gasteiger charge is 2.22. The molecule has 1 aliphatic heterocycles. The minimum absolute atomic E-state index is 0.319. The third-order valence-corrected chi connectivity index (χ3v) is 4.16. The normalized spacial score (nSPS) is 19.1. The third kappa shape index (κ3) is 4.53. The first-order chi connectivity index (χ1) is 11.2. The lowest BCUT2D eigenvalue weighted by atomic mass is 10.1. The molecule has 0 amide bonds. The lowest BCUT2D eigenvalue weighted by Gasteiger charge is -2.31. The van der Waals surface area contributed by atoms with Gasteiger partial charge in [-0.15, -0.1) is 0 Å². The standard InChI is InChI=1S/C17H22ClN3O2/c1-2-9-22-15-7-4-8-21(11-15)12-16-19-17(20-23-16)13-5-3-6-14(18)10-13/h3,5-6,10,15H,2,4,7-9,11-12H2,1H3. The van der Waals surface area contributed by atoms with Gasteiger partial charge < -0.3 is 9.26 Å². The van der Waals surface area contributed by atoms with E-state index >= 15 is 0 Å². The summed E-state index contributed by atoms with van der Waals surface area (Å²) in [6.07, 6.45) is 3.65. The maximum absolute atomic E-state index is 6.01. The van der Waals surface area contributed by atoms with Crippen molar-refractivity contribution < 1.29 is 9.26 Å². The fourth-order valence-corrected chi connectivity index (χ4v) is 3.02. The van der Waals surface area contributed by atoms with Crippen LogP contribution in [0.5, 0.6) is 0 Å². The molecule has 0 N–H and O–H groups in total. The fourth-order valence-electron chi connectivity index (χ4n) is 2.83. The quantitative estimate of drug-likeness (QED) is 0.804. The van der Waals surface area contributed by atoms with Crippen molar-refractivity contribution in [1.82, 2.24) is 15.0 Å². The lowest BCUT2D eigenvalue weighted by molar-refractivity contribution is -0.00455. The molecule has 1 saturated heterocycles. The Morgan fingerprint density at radius 2 is 2.35 bits per heavy atom. The molecule has 1 fully saturated rings. The van der Waals surface area contributed by atoms with Gasteiger partial charge in [0.25, 0.3) is 0 Å². The smallest absolute Gasteiger partial charge is 0.241 e. The number of hydrogen-bond acceptors (Lipinski definition) is 5. The van der Waals surface area contributed by atoms with E-state index in [-0.39, 0.29) is 0 Å². The molecule has 3 rings (SSSR count). The van der Waals surface area contributed by atoms with Crippen LogP contribution in [-0.2, 0) is 11.3 Å². The summed E-state index contributed by atoms with van der Waals surface area (Å²) in [5.41, 5.74) is 0.871. The molecular formula is C17H22ClN3O2. The monoisotopic (exact) mass is 335 g/mol. The summed E-state index contributed by atoms with van der Waals surface area (Å²) < 4.78 is 11.3. The molecule has 1 aromatic carbocycles. The highest BCUT2D eigenvalue weighted by Crippen LogP contribution is 2.21. The molecule has 2 heterocycles. The summed E-state index contributed by atoms with van der Waals surface area (Å²) in [5.74, 6) is 1.22. The highest BCUT2D eigenvalue weighted by atomic mass is 35.5. The SMILES string of the molecule is CCCOC1CCCN(Cc2nc(-c3cccc(Cl)c3)no2)C1. The average molecular weight is 336 g/mol. The van der Waals surface area contributed by atoms with Gasteiger partial charge in [0.2, 0.25) is 11.7 Å². The van der Waals surface area contributed by atoms with Gasteiger partial charge in [0.05, 0.1) is 12.6 Å². The number of nitrogens with zero attached hydrogens (tertiary/aromatic N) is 3. The zero-order valence-electron chi connectivity index (χ0n) is 13.4. The van der Waals surface area contributed by atoms with Crippen LogP contribution in [-0.4, -0.2) is 40.8 Å². The number of halogens is 1. The van der Waals surface area contributed by atoms with Crippen molar-refractivity contribution in [3.05, 3.63) is 35.2 Å². The molecule has 1 atom stereocenters. The number of ether oxygens (including phenoxy) is 1. The van der Waals surface area contributed by atoms with Crippen molar-refractivity contribution in [2.45, 2.75) is 38.8 Å². The molecule has 6 heteroatoms. The van der Waals surface area contributed by atoms with Gasteiger partial charge in [-0.2, -0.15) is 4.98 Å². The van der Waals surface area contributed by atoms with Gasteiger partial charge in [-0.3, -0.25) is 4.90 Å². The van der Waals surface area contributed by atoms with Crippen molar-refractivity contribution >= 4 is 11.6 Å². The van der Waals surface area contributed by atoms with Crippen LogP contribution in [0.15, 0.2) is 28.8 Å². The number of hydrogen-bond donors (Lipinski definition) is 0. The second kappa shape index (κ2) is 7.90. The second-order valence-electron chi connectivity index (χ2n) is 5.89. The van der Waals surface area contributed by atoms with E-state index in [4.69, 9.17) is 20.9 Å². The van der Waals surface area contributed by atoms with Gasteiger partial charge in [0.1, 0.15) is 0 Å². The van der Waals surface area contributed by atoms with E-state index in [9.17, 15) is 0 Å². The van der Waals surface area contributed by atoms with E-state index in [0.717, 1.165) is 44.5 Å². The molecule has 0 radical (unpaired) electrons. The van der Waals surface area contributed by atoms with Crippen LogP contribution < -0.4 is 0 Å². The van der Waals surface area contributed by atoms with Gasteiger partial charge in [-0.05, 0) is 37.9 Å². The van der Waals surface area contributed by atoms with Crippen LogP contribution in [0.1, 0.15) is 32.1 Å². The van der Waals surface area contributed by atoms with Crippen LogP contribution >= 0.6 is 11.6 Å². The number of aromatic nitrogens is 2. The minimum Gasteiger partial charge on any atom is -0.377 e. The van der Waals surface area contributed by atoms with Gasteiger partial charge in [0.15, 0.2) is 0 Å². The summed E-state index contributed by atoms with van der Waals surface area (Å²) in [7, 11) is 0. The van der Waals surface area contributed by atoms with Crippen molar-refractivity contribution in [3.63, 3.8) is 0 Å². The zero-order chi connectivity index (χ0) is 16.1. The Bertz CT molecular complexity index is 632. The first kappa shape index (κ1) is 16.4. The van der Waals surface area contributed by atoms with E-state index in [2.05, 4.69) is 22.0 Å². The Hall–Kier alpha value is -1.43. The van der Waals surface area contributed by atoms with Crippen LogP contribution in [0, 0.1) is 0 Å². The van der Waals surface area contributed by atoms with E-state index < -0.39 is 0 Å². The number of rotatable bonds is 6. The average Bonchev–Trinajstić information content (AvgIpc) is 3.02. The van der Waals surface area contributed by atoms with Crippen LogP contribution in [0.25, 0.3) is 11.4 Å². The number of benzene rings is 1. The Balaban J connectivity index is 1.60. The van der Waals surface area contributed by atoms with Crippen LogP contribution in [0.2, 0.25) is 5.02 Å². The molecule has 0 saturated carbocycles. The van der Waals surface area contributed by atoms with Gasteiger partial charge in [-0.1, -0.05) is 35.8 Å². The highest BCUT2D eigenvalue weighted by molar-refractivity contribution is 6.30. The van der Waals surface area contributed by atoms with E-state index in [0.29, 0.717) is 29.4 Å². The van der Waals surface area contributed by atoms with Gasteiger partial charge in [0, 0.05) is 23.7 Å². The van der Waals surface area contributed by atoms with Crippen LogP contribution in [0.4, 0.5) is 0 Å². The molecule has 23 heavy (non-hydrogen) atoms. The molecule has 0 bridgehead atoms. The summed E-state index contributed by atoms with van der Waals surface area (Å²) in [5, 5.41) is 4.73. The Kier molecular flexibility index (Phi) is 5.65. The molecule has 1 unspecified atom stereocenters. The van der Waals surface area contributed by atoms with Crippen LogP contribution in [0.3, 0.4) is 0 Å². The van der Waals surface area contributed by atoms with Gasteiger partial charge in [-0.25, -0.2) is 0 Å². The van der Waals surface area contributed by atoms with Gasteiger partial charge >= 0.3 is 0 Å². The predicted molar refractivity (Wildman–Crippen MR) is 89.3 cm³/mol. The summed E-state index contributed by atoms with van der Waals surface area (Å²) >= 11 is 6.01. The number of piperidine rings is 1. The van der Waals surface area contributed by atoms with Crippen molar-refractivity contribution in [1.29, 1.82) is 0 Å². The lowest BCUT2D eigenvalue weighted by Crippen LogP contribution is -2.39. The largest absolute Gasteiger partial charge is 0.377 e. The molecule has 1 aromatic heterocycles. The van der Waals surface area contributed by atoms with E-state index in [1.807, 2.05) is 24.3 Å². The molecule has 5 nitrogen and oxygen atoms in total. The predicted octanol–water partition coefficient (Wildman–Crippen LogP) is 3.78. The maximum atomic E-state index is 6.01. The molecule has 1 aliphatic rings. The molecule has 124 valence electrons. The van der Waals surface area contributed by atoms with E-state index in [1.54, 1.807) is 0 Å². The maximum Gasteiger partial charge on any atom is 0.241 e. The molecule has 0 spiro atoms. The fraction of sp³-hybridized carbons (Fsp3) is 0.529. The molecule has 0 aliphatic carbocycles. The second-order valence-corrected chi connectivity index (χ2v) is 6.33. The Morgan fingerprint density at radius 3 is 3.17 bits per heavy atom. The topological polar surface area (TPSA) is 51.4 Å². The summed E-state index contributed by atoms with van der Waals surface area (Å²) in [6, 6.07) is 7.48. The third-order valence-electron chi connectivity index (χ3n) is 3.93.